The van der Waals surface area contributed by atoms with Gasteiger partial charge in [0.15, 0.2) is 11.5 Å². The van der Waals surface area contributed by atoms with Gasteiger partial charge in [0.25, 0.3) is 0 Å². The molecule has 0 bridgehead atoms. The molecule has 0 atom stereocenters. The number of rotatable bonds is 3. The summed E-state index contributed by atoms with van der Waals surface area (Å²) >= 11 is 3.36. The molecule has 1 aromatic carbocycles. The van der Waals surface area contributed by atoms with E-state index in [9.17, 15) is 0 Å². The van der Waals surface area contributed by atoms with Crippen LogP contribution in [0.15, 0.2) is 41.0 Å². The van der Waals surface area contributed by atoms with Crippen LogP contribution in [0.3, 0.4) is 0 Å². The summed E-state index contributed by atoms with van der Waals surface area (Å²) in [5, 5.41) is 0. The van der Waals surface area contributed by atoms with Crippen LogP contribution in [0.1, 0.15) is 0 Å². The van der Waals surface area contributed by atoms with Crippen molar-refractivity contribution < 1.29 is 9.47 Å². The lowest BCUT2D eigenvalue weighted by Crippen LogP contribution is -1.91. The first-order valence-corrected chi connectivity index (χ1v) is 5.89. The molecule has 88 valence electrons. The third-order valence-corrected chi connectivity index (χ3v) is 2.84. The number of hydrogen-bond acceptors (Lipinski definition) is 3. The van der Waals surface area contributed by atoms with Crippen molar-refractivity contribution in [3.8, 4) is 22.8 Å². The number of ether oxygens (including phenoxy) is 2. The quantitative estimate of drug-likeness (QED) is 0.812. The molecule has 1 heterocycles. The van der Waals surface area contributed by atoms with Crippen molar-refractivity contribution in [1.29, 1.82) is 0 Å². The molecule has 0 aliphatic rings. The maximum absolute atomic E-state index is 5.26. The molecule has 17 heavy (non-hydrogen) atoms. The van der Waals surface area contributed by atoms with Crippen molar-refractivity contribution in [1.82, 2.24) is 4.98 Å². The normalized spacial score (nSPS) is 10.1. The van der Waals surface area contributed by atoms with E-state index in [4.69, 9.17) is 9.47 Å². The highest BCUT2D eigenvalue weighted by molar-refractivity contribution is 9.10. The zero-order chi connectivity index (χ0) is 12.3. The number of pyridine rings is 1. The molecule has 0 spiro atoms. The van der Waals surface area contributed by atoms with E-state index < -0.39 is 0 Å². The van der Waals surface area contributed by atoms with Gasteiger partial charge < -0.3 is 9.47 Å². The van der Waals surface area contributed by atoms with Gasteiger partial charge in [0.05, 0.1) is 19.9 Å². The molecule has 4 heteroatoms. The second kappa shape index (κ2) is 5.19. The first-order chi connectivity index (χ1) is 8.24. The van der Waals surface area contributed by atoms with Crippen molar-refractivity contribution in [2.24, 2.45) is 0 Å². The van der Waals surface area contributed by atoms with Crippen LogP contribution in [0.4, 0.5) is 0 Å². The van der Waals surface area contributed by atoms with E-state index in [1.54, 1.807) is 14.2 Å². The highest BCUT2D eigenvalue weighted by atomic mass is 79.9. The van der Waals surface area contributed by atoms with Gasteiger partial charge >= 0.3 is 0 Å². The Kier molecular flexibility index (Phi) is 3.64. The maximum Gasteiger partial charge on any atom is 0.161 e. The van der Waals surface area contributed by atoms with Gasteiger partial charge in [-0.15, -0.1) is 0 Å². The summed E-state index contributed by atoms with van der Waals surface area (Å²) in [6, 6.07) is 11.5. The number of benzene rings is 1. The van der Waals surface area contributed by atoms with Crippen LogP contribution in [0, 0.1) is 0 Å². The van der Waals surface area contributed by atoms with E-state index in [1.165, 1.54) is 0 Å². The Hall–Kier alpha value is -1.55. The fourth-order valence-electron chi connectivity index (χ4n) is 1.56. The third-order valence-electron chi connectivity index (χ3n) is 2.39. The summed E-state index contributed by atoms with van der Waals surface area (Å²) in [7, 11) is 3.24. The second-order valence-electron chi connectivity index (χ2n) is 3.42. The number of nitrogens with zero attached hydrogens (tertiary/aromatic N) is 1. The number of methoxy groups -OCH3 is 2. The summed E-state index contributed by atoms with van der Waals surface area (Å²) in [6.45, 7) is 0. The van der Waals surface area contributed by atoms with Crippen LogP contribution in [-0.4, -0.2) is 19.2 Å². The average Bonchev–Trinajstić information content (AvgIpc) is 2.38. The van der Waals surface area contributed by atoms with Crippen molar-refractivity contribution in [3.63, 3.8) is 0 Å². The lowest BCUT2D eigenvalue weighted by molar-refractivity contribution is 0.355. The minimum atomic E-state index is 0.701. The van der Waals surface area contributed by atoms with E-state index in [2.05, 4.69) is 20.9 Å². The summed E-state index contributed by atoms with van der Waals surface area (Å²) in [4.78, 5) is 4.39. The van der Waals surface area contributed by atoms with Crippen molar-refractivity contribution in [2.75, 3.05) is 14.2 Å². The predicted molar refractivity (Wildman–Crippen MR) is 70.5 cm³/mol. The highest BCUT2D eigenvalue weighted by Crippen LogP contribution is 2.31. The molecule has 0 saturated heterocycles. The van der Waals surface area contributed by atoms with Gasteiger partial charge in [-0.25, -0.2) is 4.98 Å². The van der Waals surface area contributed by atoms with E-state index in [1.807, 2.05) is 36.4 Å². The van der Waals surface area contributed by atoms with Gasteiger partial charge in [-0.1, -0.05) is 6.07 Å². The Balaban J connectivity index is 2.46. The van der Waals surface area contributed by atoms with Crippen LogP contribution >= 0.6 is 15.9 Å². The molecule has 3 nitrogen and oxygen atoms in total. The fraction of sp³-hybridized carbons (Fsp3) is 0.154. The zero-order valence-electron chi connectivity index (χ0n) is 9.61. The van der Waals surface area contributed by atoms with Gasteiger partial charge in [-0.3, -0.25) is 0 Å². The molecule has 0 amide bonds. The Labute approximate surface area is 109 Å². The summed E-state index contributed by atoms with van der Waals surface area (Å²) in [6.07, 6.45) is 0. The standard InChI is InChI=1S/C13H12BrNO2/c1-16-11-7-6-9(8-12(11)17-2)10-4-3-5-13(14)15-10/h3-8H,1-2H3. The molecule has 0 aliphatic carbocycles. The van der Waals surface area contributed by atoms with Crippen LogP contribution in [-0.2, 0) is 0 Å². The summed E-state index contributed by atoms with van der Waals surface area (Å²) < 4.78 is 11.3. The van der Waals surface area contributed by atoms with Crippen molar-refractivity contribution >= 4 is 15.9 Å². The molecular formula is C13H12BrNO2. The molecule has 0 radical (unpaired) electrons. The van der Waals surface area contributed by atoms with Crippen LogP contribution in [0.25, 0.3) is 11.3 Å². The first kappa shape index (κ1) is 11.9. The highest BCUT2D eigenvalue weighted by Gasteiger charge is 2.06. The topological polar surface area (TPSA) is 31.4 Å². The number of halogens is 1. The van der Waals surface area contributed by atoms with Gasteiger partial charge in [0.2, 0.25) is 0 Å². The van der Waals surface area contributed by atoms with E-state index in [0.717, 1.165) is 15.9 Å². The van der Waals surface area contributed by atoms with Crippen LogP contribution in [0.5, 0.6) is 11.5 Å². The van der Waals surface area contributed by atoms with Crippen molar-refractivity contribution in [3.05, 3.63) is 41.0 Å². The molecule has 0 N–H and O–H groups in total. The van der Waals surface area contributed by atoms with Crippen LogP contribution < -0.4 is 9.47 Å². The first-order valence-electron chi connectivity index (χ1n) is 5.09. The molecular weight excluding hydrogens is 282 g/mol. The second-order valence-corrected chi connectivity index (χ2v) is 4.23. The Morgan fingerprint density at radius 2 is 1.76 bits per heavy atom. The van der Waals surface area contributed by atoms with E-state index in [-0.39, 0.29) is 0 Å². The minimum absolute atomic E-state index is 0.701. The Morgan fingerprint density at radius 3 is 2.41 bits per heavy atom. The predicted octanol–water partition coefficient (Wildman–Crippen LogP) is 3.53. The molecule has 2 rings (SSSR count). The number of hydrogen-bond donors (Lipinski definition) is 0. The minimum Gasteiger partial charge on any atom is -0.493 e. The molecule has 0 unspecified atom stereocenters. The Bertz CT molecular complexity index is 529. The SMILES string of the molecule is COc1ccc(-c2cccc(Br)n2)cc1OC. The van der Waals surface area contributed by atoms with Crippen LogP contribution in [0.2, 0.25) is 0 Å². The van der Waals surface area contributed by atoms with E-state index in [0.29, 0.717) is 11.5 Å². The largest absolute Gasteiger partial charge is 0.493 e. The fourth-order valence-corrected chi connectivity index (χ4v) is 1.91. The molecule has 0 saturated carbocycles. The van der Waals surface area contributed by atoms with Gasteiger partial charge in [-0.2, -0.15) is 0 Å². The average molecular weight is 294 g/mol. The smallest absolute Gasteiger partial charge is 0.161 e. The lowest BCUT2D eigenvalue weighted by Gasteiger charge is -2.09. The monoisotopic (exact) mass is 293 g/mol. The molecule has 0 fully saturated rings. The molecule has 0 aliphatic heterocycles. The molecule has 2 aromatic rings. The Morgan fingerprint density at radius 1 is 1.00 bits per heavy atom. The zero-order valence-corrected chi connectivity index (χ0v) is 11.2. The number of aromatic nitrogens is 1. The summed E-state index contributed by atoms with van der Waals surface area (Å²) in [5.41, 5.74) is 1.88. The van der Waals surface area contributed by atoms with E-state index >= 15 is 0 Å². The summed E-state index contributed by atoms with van der Waals surface area (Å²) in [5.74, 6) is 1.41. The van der Waals surface area contributed by atoms with Gasteiger partial charge in [0.1, 0.15) is 4.60 Å². The lowest BCUT2D eigenvalue weighted by atomic mass is 10.1. The third kappa shape index (κ3) is 2.58. The molecule has 1 aromatic heterocycles. The maximum atomic E-state index is 5.26. The van der Waals surface area contributed by atoms with Gasteiger partial charge in [0, 0.05) is 5.56 Å². The van der Waals surface area contributed by atoms with Gasteiger partial charge in [-0.05, 0) is 46.3 Å². The van der Waals surface area contributed by atoms with Crippen molar-refractivity contribution in [2.45, 2.75) is 0 Å².